The van der Waals surface area contributed by atoms with Crippen molar-refractivity contribution in [3.8, 4) is 0 Å². The van der Waals surface area contributed by atoms with Gasteiger partial charge in [-0.1, -0.05) is 26.0 Å². The molecule has 0 bridgehead atoms. The highest BCUT2D eigenvalue weighted by molar-refractivity contribution is 5.06. The molecule has 0 unspecified atom stereocenters. The van der Waals surface area contributed by atoms with Gasteiger partial charge in [0.1, 0.15) is 12.3 Å². The molecule has 0 spiro atoms. The first-order chi connectivity index (χ1) is 14.0. The van der Waals surface area contributed by atoms with Crippen LogP contribution in [0.4, 0.5) is 0 Å². The van der Waals surface area contributed by atoms with Gasteiger partial charge in [0.2, 0.25) is 0 Å². The van der Waals surface area contributed by atoms with Gasteiger partial charge in [0.25, 0.3) is 5.56 Å². The molecule has 0 radical (unpaired) electrons. The summed E-state index contributed by atoms with van der Waals surface area (Å²) in [4.78, 5) is 29.0. The van der Waals surface area contributed by atoms with Gasteiger partial charge in [-0.25, -0.2) is 4.79 Å². The molecule has 1 aliphatic rings. The lowest BCUT2D eigenvalue weighted by atomic mass is 10.1. The van der Waals surface area contributed by atoms with Gasteiger partial charge in [-0.15, -0.1) is 0 Å². The topological polar surface area (TPSA) is 108 Å². The fraction of sp³-hybridized carbons (Fsp3) is 0.714. The molecule has 0 aromatic carbocycles. The molecule has 29 heavy (non-hydrogen) atoms. The number of nitrogens with zero attached hydrogens (tertiary/aromatic N) is 2. The van der Waals surface area contributed by atoms with E-state index in [1.54, 1.807) is 0 Å². The Hall–Kier alpha value is -1.74. The Morgan fingerprint density at radius 3 is 2.62 bits per heavy atom. The molecule has 8 nitrogen and oxygen atoms in total. The van der Waals surface area contributed by atoms with Crippen molar-refractivity contribution >= 4 is 0 Å². The smallest absolute Gasteiger partial charge is 0.330 e. The number of aromatic amines is 1. The highest BCUT2D eigenvalue weighted by Crippen LogP contribution is 2.27. The summed E-state index contributed by atoms with van der Waals surface area (Å²) in [6.45, 7) is 7.20. The molecule has 1 saturated heterocycles. The number of hydrogen-bond acceptors (Lipinski definition) is 6. The zero-order chi connectivity index (χ0) is 21.2. The molecule has 0 saturated carbocycles. The number of aliphatic hydroxyl groups is 2. The van der Waals surface area contributed by atoms with Crippen LogP contribution < -0.4 is 11.2 Å². The predicted octanol–water partition coefficient (Wildman–Crippen LogP) is 1.18. The Balaban J connectivity index is 1.90. The standard InChI is InChI=1S/C21H35N3O5/c1-3-10-23(11-4-2)12-8-6-5-7-9-16-14-24(21(28)22-20(16)27)19-13-17(26)18(15-25)29-19/h6,8,14,17-19,25-26H,3-5,7,9-13,15H2,1-2H3,(H,22,27,28)/b8-6+/t17-,18+,19+/m0/s1. The molecule has 1 aliphatic heterocycles. The van der Waals surface area contributed by atoms with E-state index in [1.807, 2.05) is 0 Å². The molecule has 2 rings (SSSR count). The van der Waals surface area contributed by atoms with Crippen LogP contribution in [0.3, 0.4) is 0 Å². The van der Waals surface area contributed by atoms with Crippen molar-refractivity contribution in [2.24, 2.45) is 0 Å². The number of nitrogens with one attached hydrogen (secondary N) is 1. The largest absolute Gasteiger partial charge is 0.394 e. The number of rotatable bonds is 12. The third-order valence-electron chi connectivity index (χ3n) is 5.16. The average Bonchev–Trinajstić information content (AvgIpc) is 3.06. The van der Waals surface area contributed by atoms with E-state index in [-0.39, 0.29) is 18.6 Å². The van der Waals surface area contributed by atoms with Gasteiger partial charge in [0.15, 0.2) is 0 Å². The van der Waals surface area contributed by atoms with Crippen molar-refractivity contribution in [3.63, 3.8) is 0 Å². The predicted molar refractivity (Wildman–Crippen MR) is 112 cm³/mol. The van der Waals surface area contributed by atoms with Gasteiger partial charge in [0.05, 0.1) is 12.7 Å². The number of aromatic nitrogens is 2. The molecule has 1 aromatic heterocycles. The SMILES string of the molecule is CCCN(C/C=C/CCCc1cn([C@H]2C[C@H](O)[C@@H](CO)O2)c(=O)[nH]c1=O)CCC. The summed E-state index contributed by atoms with van der Waals surface area (Å²) < 4.78 is 6.83. The van der Waals surface area contributed by atoms with Gasteiger partial charge in [-0.3, -0.25) is 19.2 Å². The number of ether oxygens (including phenoxy) is 1. The second-order valence-electron chi connectivity index (χ2n) is 7.60. The van der Waals surface area contributed by atoms with Crippen molar-refractivity contribution in [2.75, 3.05) is 26.2 Å². The van der Waals surface area contributed by atoms with Crippen molar-refractivity contribution in [1.29, 1.82) is 0 Å². The van der Waals surface area contributed by atoms with Crippen molar-refractivity contribution < 1.29 is 14.9 Å². The van der Waals surface area contributed by atoms with Gasteiger partial charge in [-0.05, 0) is 45.2 Å². The van der Waals surface area contributed by atoms with E-state index in [9.17, 15) is 19.8 Å². The Morgan fingerprint density at radius 1 is 1.28 bits per heavy atom. The maximum Gasteiger partial charge on any atom is 0.330 e. The maximum absolute atomic E-state index is 12.1. The summed E-state index contributed by atoms with van der Waals surface area (Å²) in [7, 11) is 0. The first-order valence-corrected chi connectivity index (χ1v) is 10.7. The van der Waals surface area contributed by atoms with Crippen LogP contribution in [-0.4, -0.2) is 63.1 Å². The quantitative estimate of drug-likeness (QED) is 0.353. The first-order valence-electron chi connectivity index (χ1n) is 10.7. The summed E-state index contributed by atoms with van der Waals surface area (Å²) in [5.41, 5.74) is -0.437. The van der Waals surface area contributed by atoms with E-state index < -0.39 is 24.1 Å². The minimum absolute atomic E-state index is 0.200. The van der Waals surface area contributed by atoms with Crippen LogP contribution in [0.25, 0.3) is 0 Å². The zero-order valence-electron chi connectivity index (χ0n) is 17.5. The second kappa shape index (κ2) is 12.1. The van der Waals surface area contributed by atoms with Crippen LogP contribution in [0.5, 0.6) is 0 Å². The summed E-state index contributed by atoms with van der Waals surface area (Å²) in [5, 5.41) is 19.1. The summed E-state index contributed by atoms with van der Waals surface area (Å²) in [6, 6.07) is 0. The monoisotopic (exact) mass is 409 g/mol. The van der Waals surface area contributed by atoms with E-state index in [0.717, 1.165) is 45.3 Å². The van der Waals surface area contributed by atoms with Gasteiger partial charge < -0.3 is 14.9 Å². The van der Waals surface area contributed by atoms with E-state index in [2.05, 4.69) is 35.9 Å². The fourth-order valence-corrected chi connectivity index (χ4v) is 3.65. The summed E-state index contributed by atoms with van der Waals surface area (Å²) in [6.07, 6.45) is 8.30. The molecule has 3 atom stereocenters. The van der Waals surface area contributed by atoms with Crippen molar-refractivity contribution in [1.82, 2.24) is 14.5 Å². The number of allylic oxidation sites excluding steroid dienone is 1. The second-order valence-corrected chi connectivity index (χ2v) is 7.60. The lowest BCUT2D eigenvalue weighted by Crippen LogP contribution is -2.34. The third kappa shape index (κ3) is 6.92. The Labute approximate surface area is 171 Å². The molecule has 1 aromatic rings. The molecule has 8 heteroatoms. The molecular weight excluding hydrogens is 374 g/mol. The highest BCUT2D eigenvalue weighted by atomic mass is 16.5. The Morgan fingerprint density at radius 2 is 2.00 bits per heavy atom. The Bertz CT molecular complexity index is 751. The van der Waals surface area contributed by atoms with Crippen molar-refractivity contribution in [2.45, 2.75) is 70.8 Å². The lowest BCUT2D eigenvalue weighted by molar-refractivity contribution is -0.0460. The third-order valence-corrected chi connectivity index (χ3v) is 5.16. The lowest BCUT2D eigenvalue weighted by Gasteiger charge is -2.18. The zero-order valence-corrected chi connectivity index (χ0v) is 17.5. The van der Waals surface area contributed by atoms with E-state index >= 15 is 0 Å². The average molecular weight is 410 g/mol. The minimum Gasteiger partial charge on any atom is -0.394 e. The highest BCUT2D eigenvalue weighted by Gasteiger charge is 2.35. The van der Waals surface area contributed by atoms with E-state index in [0.29, 0.717) is 12.0 Å². The van der Waals surface area contributed by atoms with E-state index in [1.165, 1.54) is 10.8 Å². The van der Waals surface area contributed by atoms with Gasteiger partial charge in [0, 0.05) is 24.7 Å². The van der Waals surface area contributed by atoms with Crippen LogP contribution in [0.15, 0.2) is 27.9 Å². The van der Waals surface area contributed by atoms with Crippen LogP contribution in [-0.2, 0) is 11.2 Å². The number of aliphatic hydroxyl groups excluding tert-OH is 2. The van der Waals surface area contributed by atoms with Gasteiger partial charge in [-0.2, -0.15) is 0 Å². The Kier molecular flexibility index (Phi) is 9.80. The number of H-pyrrole nitrogens is 1. The van der Waals surface area contributed by atoms with Crippen LogP contribution in [0.2, 0.25) is 0 Å². The number of unbranched alkanes of at least 4 members (excludes halogenated alkanes) is 1. The maximum atomic E-state index is 12.1. The molecule has 3 N–H and O–H groups in total. The minimum atomic E-state index is -0.836. The van der Waals surface area contributed by atoms with Crippen LogP contribution >= 0.6 is 0 Å². The number of aryl methyl sites for hydroxylation is 1. The molecule has 0 aliphatic carbocycles. The molecule has 0 amide bonds. The summed E-state index contributed by atoms with van der Waals surface area (Å²) >= 11 is 0. The number of hydrogen-bond donors (Lipinski definition) is 3. The fourth-order valence-electron chi connectivity index (χ4n) is 3.65. The van der Waals surface area contributed by atoms with Crippen molar-refractivity contribution in [3.05, 3.63) is 44.8 Å². The summed E-state index contributed by atoms with van der Waals surface area (Å²) in [5.74, 6) is 0. The molecule has 1 fully saturated rings. The van der Waals surface area contributed by atoms with Crippen LogP contribution in [0.1, 0.15) is 57.7 Å². The normalized spacial score (nSPS) is 22.2. The van der Waals surface area contributed by atoms with E-state index in [4.69, 9.17) is 4.74 Å². The molecule has 2 heterocycles. The van der Waals surface area contributed by atoms with Crippen LogP contribution in [0, 0.1) is 0 Å². The molecular formula is C21H35N3O5. The first kappa shape index (κ1) is 23.5. The van der Waals surface area contributed by atoms with Gasteiger partial charge >= 0.3 is 5.69 Å². The molecule has 164 valence electrons.